The Bertz CT molecular complexity index is 1090. The molecule has 0 spiro atoms. The maximum absolute atomic E-state index is 12.4. The molecule has 4 aromatic rings. The Kier molecular flexibility index (Phi) is 5.67. The average molecular weight is 448 g/mol. The number of anilines is 2. The monoisotopic (exact) mass is 447 g/mol. The first-order valence-corrected chi connectivity index (χ1v) is 9.82. The molecule has 0 saturated carbocycles. The molecule has 0 atom stereocenters. The van der Waals surface area contributed by atoms with Gasteiger partial charge in [0.05, 0.1) is 5.69 Å². The summed E-state index contributed by atoms with van der Waals surface area (Å²) in [5.41, 5.74) is 5.06. The lowest BCUT2D eigenvalue weighted by Crippen LogP contribution is -2.23. The van der Waals surface area contributed by atoms with E-state index in [-0.39, 0.29) is 5.91 Å². The van der Waals surface area contributed by atoms with E-state index in [9.17, 15) is 4.79 Å². The number of rotatable bonds is 6. The van der Waals surface area contributed by atoms with Gasteiger partial charge in [-0.2, -0.15) is 5.10 Å². The highest BCUT2D eigenvalue weighted by molar-refractivity contribution is 9.10. The number of H-pyrrole nitrogens is 1. The Hall–Kier alpha value is -3.45. The van der Waals surface area contributed by atoms with Crippen LogP contribution in [0, 0.1) is 0 Å². The van der Waals surface area contributed by atoms with E-state index in [1.54, 1.807) is 18.5 Å². The molecule has 7 heteroatoms. The largest absolute Gasteiger partial charge is 0.355 e. The lowest BCUT2D eigenvalue weighted by Gasteiger charge is -2.08. The van der Waals surface area contributed by atoms with Gasteiger partial charge < -0.3 is 10.6 Å². The van der Waals surface area contributed by atoms with Gasteiger partial charge in [0.1, 0.15) is 5.69 Å². The molecule has 6 nitrogen and oxygen atoms in total. The highest BCUT2D eigenvalue weighted by atomic mass is 79.9. The number of carbonyl (C=O) groups excluding carboxylic acids is 1. The smallest absolute Gasteiger partial charge is 0.269 e. The van der Waals surface area contributed by atoms with E-state index in [0.29, 0.717) is 12.2 Å². The summed E-state index contributed by atoms with van der Waals surface area (Å²) >= 11 is 3.41. The van der Waals surface area contributed by atoms with Crippen LogP contribution in [-0.2, 0) is 6.54 Å². The van der Waals surface area contributed by atoms with Crippen LogP contribution in [0.5, 0.6) is 0 Å². The van der Waals surface area contributed by atoms with Crippen LogP contribution in [-0.4, -0.2) is 21.1 Å². The van der Waals surface area contributed by atoms with Gasteiger partial charge in [-0.1, -0.05) is 40.2 Å². The molecule has 0 aliphatic carbocycles. The van der Waals surface area contributed by atoms with Gasteiger partial charge in [0.2, 0.25) is 0 Å². The molecule has 29 heavy (non-hydrogen) atoms. The van der Waals surface area contributed by atoms with Gasteiger partial charge in [-0.15, -0.1) is 0 Å². The third kappa shape index (κ3) is 4.89. The molecule has 144 valence electrons. The van der Waals surface area contributed by atoms with Crippen molar-refractivity contribution in [1.29, 1.82) is 0 Å². The molecular weight excluding hydrogens is 430 g/mol. The number of halogens is 1. The quantitative estimate of drug-likeness (QED) is 0.392. The highest BCUT2D eigenvalue weighted by Gasteiger charge is 2.11. The Morgan fingerprint density at radius 2 is 1.62 bits per heavy atom. The number of amides is 1. The fraction of sp³-hybridized carbons (Fsp3) is 0.0455. The normalized spacial score (nSPS) is 10.5. The number of nitrogens with zero attached hydrogens (tertiary/aromatic N) is 2. The van der Waals surface area contributed by atoms with Gasteiger partial charge in [0, 0.05) is 40.3 Å². The Morgan fingerprint density at radius 1 is 0.931 bits per heavy atom. The van der Waals surface area contributed by atoms with Crippen molar-refractivity contribution < 1.29 is 4.79 Å². The van der Waals surface area contributed by atoms with E-state index in [0.717, 1.165) is 32.7 Å². The SMILES string of the molecule is O=C(NCc1ccc(Nc2ccncc2)cc1)c1cc(-c2ccc(Br)cc2)n[nH]1. The molecule has 0 aliphatic rings. The van der Waals surface area contributed by atoms with Crippen molar-refractivity contribution in [1.82, 2.24) is 20.5 Å². The van der Waals surface area contributed by atoms with E-state index in [1.807, 2.05) is 60.7 Å². The zero-order chi connectivity index (χ0) is 20.1. The van der Waals surface area contributed by atoms with Gasteiger partial charge in [-0.3, -0.25) is 14.9 Å². The van der Waals surface area contributed by atoms with Crippen LogP contribution in [0.15, 0.2) is 83.6 Å². The van der Waals surface area contributed by atoms with Crippen LogP contribution in [0.1, 0.15) is 16.1 Å². The van der Waals surface area contributed by atoms with Gasteiger partial charge >= 0.3 is 0 Å². The Morgan fingerprint density at radius 3 is 2.34 bits per heavy atom. The van der Waals surface area contributed by atoms with Crippen molar-refractivity contribution in [3.05, 3.63) is 94.9 Å². The molecule has 0 unspecified atom stereocenters. The Labute approximate surface area is 176 Å². The molecule has 0 radical (unpaired) electrons. The molecule has 0 aliphatic heterocycles. The van der Waals surface area contributed by atoms with Crippen LogP contribution in [0.4, 0.5) is 11.4 Å². The van der Waals surface area contributed by atoms with Crippen molar-refractivity contribution in [2.45, 2.75) is 6.54 Å². The number of nitrogens with one attached hydrogen (secondary N) is 3. The zero-order valence-electron chi connectivity index (χ0n) is 15.4. The van der Waals surface area contributed by atoms with Gasteiger partial charge in [0.15, 0.2) is 0 Å². The van der Waals surface area contributed by atoms with Gasteiger partial charge in [-0.05, 0) is 48.0 Å². The van der Waals surface area contributed by atoms with Crippen LogP contribution in [0.25, 0.3) is 11.3 Å². The van der Waals surface area contributed by atoms with Crippen LogP contribution in [0.2, 0.25) is 0 Å². The van der Waals surface area contributed by atoms with Gasteiger partial charge in [0.25, 0.3) is 5.91 Å². The van der Waals surface area contributed by atoms with Crippen LogP contribution < -0.4 is 10.6 Å². The maximum atomic E-state index is 12.4. The average Bonchev–Trinajstić information content (AvgIpc) is 3.25. The number of carbonyl (C=O) groups is 1. The highest BCUT2D eigenvalue weighted by Crippen LogP contribution is 2.20. The third-order valence-corrected chi connectivity index (χ3v) is 4.87. The summed E-state index contributed by atoms with van der Waals surface area (Å²) in [7, 11) is 0. The lowest BCUT2D eigenvalue weighted by atomic mass is 10.1. The number of benzene rings is 2. The molecular formula is C22H18BrN5O. The molecule has 4 rings (SSSR count). The van der Waals surface area contributed by atoms with E-state index in [2.05, 4.69) is 41.7 Å². The standard InChI is InChI=1S/C22H18BrN5O/c23-17-5-3-16(4-6-17)20-13-21(28-27-20)22(29)25-14-15-1-7-18(8-2-15)26-19-9-11-24-12-10-19/h1-13H,14H2,(H,24,26)(H,25,29)(H,27,28). The molecule has 2 aromatic carbocycles. The minimum atomic E-state index is -0.195. The second kappa shape index (κ2) is 8.70. The number of pyridine rings is 1. The first-order valence-electron chi connectivity index (χ1n) is 9.03. The first-order chi connectivity index (χ1) is 14.2. The second-order valence-corrected chi connectivity index (χ2v) is 7.33. The van der Waals surface area contributed by atoms with E-state index >= 15 is 0 Å². The molecule has 3 N–H and O–H groups in total. The maximum Gasteiger partial charge on any atom is 0.269 e. The van der Waals surface area contributed by atoms with E-state index in [4.69, 9.17) is 0 Å². The molecule has 0 saturated heterocycles. The fourth-order valence-electron chi connectivity index (χ4n) is 2.79. The van der Waals surface area contributed by atoms with Crippen molar-refractivity contribution >= 4 is 33.2 Å². The lowest BCUT2D eigenvalue weighted by molar-refractivity contribution is 0.0946. The van der Waals surface area contributed by atoms with Crippen molar-refractivity contribution in [3.63, 3.8) is 0 Å². The number of hydrogen-bond donors (Lipinski definition) is 3. The molecule has 0 bridgehead atoms. The predicted octanol–water partition coefficient (Wildman–Crippen LogP) is 4.91. The summed E-state index contributed by atoms with van der Waals surface area (Å²) in [6, 6.07) is 21.2. The molecule has 1 amide bonds. The summed E-state index contributed by atoms with van der Waals surface area (Å²) < 4.78 is 0.997. The van der Waals surface area contributed by atoms with Crippen molar-refractivity contribution in [2.24, 2.45) is 0 Å². The summed E-state index contributed by atoms with van der Waals surface area (Å²) in [5.74, 6) is -0.195. The topological polar surface area (TPSA) is 82.7 Å². The molecule has 2 aromatic heterocycles. The third-order valence-electron chi connectivity index (χ3n) is 4.34. The first kappa shape index (κ1) is 18.9. The van der Waals surface area contributed by atoms with E-state index < -0.39 is 0 Å². The summed E-state index contributed by atoms with van der Waals surface area (Å²) in [4.78, 5) is 16.4. The van der Waals surface area contributed by atoms with Crippen LogP contribution >= 0.6 is 15.9 Å². The predicted molar refractivity (Wildman–Crippen MR) is 117 cm³/mol. The summed E-state index contributed by atoms with van der Waals surface area (Å²) in [6.45, 7) is 0.432. The number of aromatic nitrogens is 3. The zero-order valence-corrected chi connectivity index (χ0v) is 17.0. The van der Waals surface area contributed by atoms with E-state index in [1.165, 1.54) is 0 Å². The Balaban J connectivity index is 1.34. The number of hydrogen-bond acceptors (Lipinski definition) is 4. The van der Waals surface area contributed by atoms with Crippen molar-refractivity contribution in [2.75, 3.05) is 5.32 Å². The number of aromatic amines is 1. The van der Waals surface area contributed by atoms with Gasteiger partial charge in [-0.25, -0.2) is 0 Å². The van der Waals surface area contributed by atoms with Crippen LogP contribution in [0.3, 0.4) is 0 Å². The molecule has 2 heterocycles. The summed E-state index contributed by atoms with van der Waals surface area (Å²) in [6.07, 6.45) is 3.48. The minimum absolute atomic E-state index is 0.195. The summed E-state index contributed by atoms with van der Waals surface area (Å²) in [5, 5.41) is 13.2. The second-order valence-electron chi connectivity index (χ2n) is 6.41. The molecule has 0 fully saturated rings. The van der Waals surface area contributed by atoms with Crippen molar-refractivity contribution in [3.8, 4) is 11.3 Å². The minimum Gasteiger partial charge on any atom is -0.355 e. The fourth-order valence-corrected chi connectivity index (χ4v) is 3.06.